The largest absolute Gasteiger partial charge is 0.385 e. The van der Waals surface area contributed by atoms with Gasteiger partial charge in [-0.1, -0.05) is 38.0 Å². The Morgan fingerprint density at radius 1 is 1.25 bits per heavy atom. The van der Waals surface area contributed by atoms with Gasteiger partial charge < -0.3 is 5.11 Å². The fourth-order valence-electron chi connectivity index (χ4n) is 3.47. The fraction of sp³-hybridized carbons (Fsp3) is 0.500. The Morgan fingerprint density at radius 3 is 2.75 bits per heavy atom. The van der Waals surface area contributed by atoms with Gasteiger partial charge in [0.2, 0.25) is 0 Å². The van der Waals surface area contributed by atoms with Crippen molar-refractivity contribution < 1.29 is 5.11 Å². The Labute approximate surface area is 120 Å². The first-order valence-electron chi connectivity index (χ1n) is 7.79. The summed E-state index contributed by atoms with van der Waals surface area (Å²) >= 11 is 0. The van der Waals surface area contributed by atoms with E-state index < -0.39 is 5.60 Å². The molecule has 0 atom stereocenters. The molecule has 2 nitrogen and oxygen atoms in total. The van der Waals surface area contributed by atoms with Gasteiger partial charge in [0.05, 0.1) is 11.1 Å². The summed E-state index contributed by atoms with van der Waals surface area (Å²) in [5, 5.41) is 12.1. The van der Waals surface area contributed by atoms with Crippen molar-refractivity contribution in [2.75, 3.05) is 0 Å². The molecule has 0 saturated heterocycles. The van der Waals surface area contributed by atoms with E-state index in [1.54, 1.807) is 0 Å². The second-order valence-corrected chi connectivity index (χ2v) is 6.18. The van der Waals surface area contributed by atoms with Gasteiger partial charge in [0.1, 0.15) is 0 Å². The number of pyridine rings is 1. The van der Waals surface area contributed by atoms with Crippen LogP contribution < -0.4 is 0 Å². The number of nitrogens with zero attached hydrogens (tertiary/aromatic N) is 1. The Bertz CT molecular complexity index is 585. The van der Waals surface area contributed by atoms with E-state index in [4.69, 9.17) is 0 Å². The van der Waals surface area contributed by atoms with Crippen molar-refractivity contribution in [3.63, 3.8) is 0 Å². The topological polar surface area (TPSA) is 33.1 Å². The van der Waals surface area contributed by atoms with Crippen molar-refractivity contribution in [1.82, 2.24) is 4.98 Å². The van der Waals surface area contributed by atoms with Crippen LogP contribution in [-0.4, -0.2) is 10.1 Å². The molecule has 1 N–H and O–H groups in total. The number of fused-ring (bicyclic) bond motifs is 1. The van der Waals surface area contributed by atoms with Gasteiger partial charge in [-0.05, 0) is 43.7 Å². The monoisotopic (exact) mass is 269 g/mol. The van der Waals surface area contributed by atoms with Crippen LogP contribution in [0.25, 0.3) is 10.9 Å². The van der Waals surface area contributed by atoms with Crippen molar-refractivity contribution in [3.05, 3.63) is 42.1 Å². The molecule has 2 heteroatoms. The van der Waals surface area contributed by atoms with Crippen LogP contribution in [0.5, 0.6) is 0 Å². The zero-order valence-corrected chi connectivity index (χ0v) is 12.2. The molecular weight excluding hydrogens is 246 g/mol. The number of rotatable bonds is 3. The Hall–Kier alpha value is -1.41. The second-order valence-electron chi connectivity index (χ2n) is 6.18. The maximum absolute atomic E-state index is 10.9. The predicted molar refractivity (Wildman–Crippen MR) is 82.5 cm³/mol. The second kappa shape index (κ2) is 5.53. The van der Waals surface area contributed by atoms with E-state index in [-0.39, 0.29) is 0 Å². The van der Waals surface area contributed by atoms with E-state index in [2.05, 4.69) is 24.0 Å². The van der Waals surface area contributed by atoms with Crippen molar-refractivity contribution >= 4 is 10.9 Å². The molecule has 1 aliphatic carbocycles. The number of aromatic nitrogens is 1. The zero-order valence-electron chi connectivity index (χ0n) is 12.2. The van der Waals surface area contributed by atoms with Crippen LogP contribution in [0.15, 0.2) is 36.5 Å². The summed E-state index contributed by atoms with van der Waals surface area (Å²) in [7, 11) is 0. The van der Waals surface area contributed by atoms with Gasteiger partial charge in [-0.25, -0.2) is 0 Å². The molecule has 1 heterocycles. The van der Waals surface area contributed by atoms with E-state index in [1.165, 1.54) is 12.8 Å². The highest BCUT2D eigenvalue weighted by molar-refractivity contribution is 5.78. The maximum Gasteiger partial charge on any atom is 0.0911 e. The van der Waals surface area contributed by atoms with Crippen molar-refractivity contribution in [2.24, 2.45) is 5.92 Å². The molecule has 0 amide bonds. The molecule has 20 heavy (non-hydrogen) atoms. The first-order valence-corrected chi connectivity index (χ1v) is 7.79. The smallest absolute Gasteiger partial charge is 0.0911 e. The number of benzene rings is 1. The summed E-state index contributed by atoms with van der Waals surface area (Å²) in [5.74, 6) is 0.800. The maximum atomic E-state index is 10.9. The first kappa shape index (κ1) is 13.6. The fourth-order valence-corrected chi connectivity index (χ4v) is 3.47. The number of aliphatic hydroxyl groups is 1. The third-order valence-corrected chi connectivity index (χ3v) is 4.76. The van der Waals surface area contributed by atoms with E-state index >= 15 is 0 Å². The van der Waals surface area contributed by atoms with Gasteiger partial charge >= 0.3 is 0 Å². The van der Waals surface area contributed by atoms with E-state index in [0.29, 0.717) is 0 Å². The summed E-state index contributed by atoms with van der Waals surface area (Å²) in [6, 6.07) is 10.2. The molecule has 2 aromatic rings. The standard InChI is InChI=1S/C18H23NO/c1-2-5-14-8-10-18(20,11-9-14)16-12-15-6-3-4-7-17(15)19-13-16/h3-4,6-7,12-14,20H,2,5,8-11H2,1H3. The molecule has 106 valence electrons. The van der Waals surface area contributed by atoms with Crippen LogP contribution in [0.4, 0.5) is 0 Å². The third kappa shape index (κ3) is 2.57. The summed E-state index contributed by atoms with van der Waals surface area (Å²) in [6.45, 7) is 2.24. The molecule has 0 radical (unpaired) electrons. The minimum absolute atomic E-state index is 0.665. The van der Waals surface area contributed by atoms with Crippen LogP contribution in [0, 0.1) is 5.92 Å². The number of hydrogen-bond donors (Lipinski definition) is 1. The zero-order chi connectivity index (χ0) is 14.0. The lowest BCUT2D eigenvalue weighted by molar-refractivity contribution is -0.0153. The summed E-state index contributed by atoms with van der Waals surface area (Å²) < 4.78 is 0. The molecule has 0 unspecified atom stereocenters. The van der Waals surface area contributed by atoms with Crippen molar-refractivity contribution in [3.8, 4) is 0 Å². The summed E-state index contributed by atoms with van der Waals surface area (Å²) in [6.07, 6.45) is 8.43. The van der Waals surface area contributed by atoms with Gasteiger partial charge in [0, 0.05) is 17.1 Å². The molecule has 3 rings (SSSR count). The lowest BCUT2D eigenvalue weighted by atomic mass is 9.74. The molecule has 0 aliphatic heterocycles. The lowest BCUT2D eigenvalue weighted by Gasteiger charge is -2.36. The minimum atomic E-state index is -0.665. The molecule has 0 spiro atoms. The molecule has 0 bridgehead atoms. The predicted octanol–water partition coefficient (Wildman–Crippen LogP) is 4.41. The molecule has 1 aliphatic rings. The van der Waals surface area contributed by atoms with E-state index in [0.717, 1.165) is 48.1 Å². The SMILES string of the molecule is CCCC1CCC(O)(c2cnc3ccccc3c2)CC1. The van der Waals surface area contributed by atoms with Gasteiger partial charge in [0.15, 0.2) is 0 Å². The quantitative estimate of drug-likeness (QED) is 0.895. The lowest BCUT2D eigenvalue weighted by Crippen LogP contribution is -2.31. The summed E-state index contributed by atoms with van der Waals surface area (Å²) in [5.41, 5.74) is 1.33. The Balaban J connectivity index is 1.83. The third-order valence-electron chi connectivity index (χ3n) is 4.76. The van der Waals surface area contributed by atoms with Crippen LogP contribution in [0.1, 0.15) is 51.0 Å². The highest BCUT2D eigenvalue weighted by atomic mass is 16.3. The van der Waals surface area contributed by atoms with Crippen LogP contribution in [-0.2, 0) is 5.60 Å². The minimum Gasteiger partial charge on any atom is -0.385 e. The van der Waals surface area contributed by atoms with Crippen molar-refractivity contribution in [1.29, 1.82) is 0 Å². The van der Waals surface area contributed by atoms with Gasteiger partial charge in [-0.2, -0.15) is 0 Å². The van der Waals surface area contributed by atoms with Gasteiger partial charge in [0.25, 0.3) is 0 Å². The Morgan fingerprint density at radius 2 is 2.00 bits per heavy atom. The number of hydrogen-bond acceptors (Lipinski definition) is 2. The highest BCUT2D eigenvalue weighted by Crippen LogP contribution is 2.41. The van der Waals surface area contributed by atoms with E-state index in [1.807, 2.05) is 24.4 Å². The van der Waals surface area contributed by atoms with Gasteiger partial charge in [-0.3, -0.25) is 4.98 Å². The molecule has 1 fully saturated rings. The molecule has 1 saturated carbocycles. The van der Waals surface area contributed by atoms with Crippen molar-refractivity contribution in [2.45, 2.75) is 51.0 Å². The Kier molecular flexibility index (Phi) is 3.75. The number of para-hydroxylation sites is 1. The normalized spacial score (nSPS) is 26.8. The molecule has 1 aromatic carbocycles. The molecular formula is C18H23NO. The van der Waals surface area contributed by atoms with Crippen LogP contribution in [0.2, 0.25) is 0 Å². The van der Waals surface area contributed by atoms with Gasteiger partial charge in [-0.15, -0.1) is 0 Å². The van der Waals surface area contributed by atoms with Crippen LogP contribution >= 0.6 is 0 Å². The molecule has 1 aromatic heterocycles. The average Bonchev–Trinajstić information content (AvgIpc) is 2.49. The average molecular weight is 269 g/mol. The van der Waals surface area contributed by atoms with Crippen LogP contribution in [0.3, 0.4) is 0 Å². The van der Waals surface area contributed by atoms with E-state index in [9.17, 15) is 5.11 Å². The first-order chi connectivity index (χ1) is 9.71. The summed E-state index contributed by atoms with van der Waals surface area (Å²) in [4.78, 5) is 4.50. The highest BCUT2D eigenvalue weighted by Gasteiger charge is 2.34.